The van der Waals surface area contributed by atoms with Crippen LogP contribution in [0.4, 0.5) is 13.2 Å². The number of amides is 1. The summed E-state index contributed by atoms with van der Waals surface area (Å²) in [6.07, 6.45) is -3.72. The number of fused-ring (bicyclic) bond motifs is 1. The summed E-state index contributed by atoms with van der Waals surface area (Å²) in [6, 6.07) is 14.8. The first-order valence-corrected chi connectivity index (χ1v) is 11.6. The predicted molar refractivity (Wildman–Crippen MR) is 122 cm³/mol. The van der Waals surface area contributed by atoms with Crippen LogP contribution in [0.3, 0.4) is 0 Å². The molecule has 2 aromatic rings. The van der Waals surface area contributed by atoms with Crippen LogP contribution in [0.1, 0.15) is 27.9 Å². The molecule has 0 aromatic heterocycles. The van der Waals surface area contributed by atoms with Crippen molar-refractivity contribution in [3.05, 3.63) is 65.2 Å². The van der Waals surface area contributed by atoms with Gasteiger partial charge in [-0.05, 0) is 48.2 Å². The molecule has 1 amide bonds. The third kappa shape index (κ3) is 6.94. The van der Waals surface area contributed by atoms with Crippen LogP contribution in [0, 0.1) is 0 Å². The molecule has 184 valence electrons. The molecule has 0 bridgehead atoms. The third-order valence-corrected chi connectivity index (χ3v) is 6.23. The van der Waals surface area contributed by atoms with Crippen LogP contribution >= 0.6 is 0 Å². The second-order valence-corrected chi connectivity index (χ2v) is 9.02. The summed E-state index contributed by atoms with van der Waals surface area (Å²) in [4.78, 5) is 16.0. The molecule has 2 aliphatic heterocycles. The standard InChI is InChI=1S/C25H30F3N3O3/c26-25(27,28)17-31-12-10-23(16-31)34-22-7-5-19(6-8-22)24(33)29-13-21(32)15-30-11-9-18-3-1-2-4-20(18)14-30/h1-8,21,23,32H,9-17H2,(H,29,33). The highest BCUT2D eigenvalue weighted by molar-refractivity contribution is 5.94. The second-order valence-electron chi connectivity index (χ2n) is 9.02. The summed E-state index contributed by atoms with van der Waals surface area (Å²) in [5.41, 5.74) is 3.05. The van der Waals surface area contributed by atoms with E-state index in [9.17, 15) is 23.1 Å². The summed E-state index contributed by atoms with van der Waals surface area (Å²) in [7, 11) is 0. The van der Waals surface area contributed by atoms with E-state index >= 15 is 0 Å². The maximum Gasteiger partial charge on any atom is 0.401 e. The summed E-state index contributed by atoms with van der Waals surface area (Å²) in [5, 5.41) is 13.1. The van der Waals surface area contributed by atoms with Gasteiger partial charge in [-0.15, -0.1) is 0 Å². The molecule has 9 heteroatoms. The number of rotatable bonds is 8. The van der Waals surface area contributed by atoms with Gasteiger partial charge in [0.2, 0.25) is 0 Å². The van der Waals surface area contributed by atoms with Crippen molar-refractivity contribution in [3.63, 3.8) is 0 Å². The van der Waals surface area contributed by atoms with Gasteiger partial charge in [-0.25, -0.2) is 0 Å². The van der Waals surface area contributed by atoms with Gasteiger partial charge >= 0.3 is 6.18 Å². The normalized spacial score (nSPS) is 20.1. The van der Waals surface area contributed by atoms with E-state index in [1.165, 1.54) is 16.0 Å². The number of benzene rings is 2. The number of ether oxygens (including phenoxy) is 1. The monoisotopic (exact) mass is 477 g/mol. The molecule has 1 saturated heterocycles. The van der Waals surface area contributed by atoms with Crippen molar-refractivity contribution in [3.8, 4) is 5.75 Å². The summed E-state index contributed by atoms with van der Waals surface area (Å²) < 4.78 is 43.4. The first kappa shape index (κ1) is 24.5. The van der Waals surface area contributed by atoms with Gasteiger partial charge in [0.05, 0.1) is 12.6 Å². The fourth-order valence-corrected chi connectivity index (χ4v) is 4.55. The molecule has 2 unspecified atom stereocenters. The van der Waals surface area contributed by atoms with E-state index in [1.807, 2.05) is 12.1 Å². The Bertz CT molecular complexity index is 968. The lowest BCUT2D eigenvalue weighted by Gasteiger charge is -2.30. The minimum atomic E-state index is -4.21. The van der Waals surface area contributed by atoms with Crippen molar-refractivity contribution in [2.45, 2.75) is 37.8 Å². The van der Waals surface area contributed by atoms with Crippen molar-refractivity contribution in [2.24, 2.45) is 0 Å². The Morgan fingerprint density at radius 3 is 2.56 bits per heavy atom. The number of hydrogen-bond acceptors (Lipinski definition) is 5. The summed E-state index contributed by atoms with van der Waals surface area (Å²) in [5.74, 6) is 0.215. The Balaban J connectivity index is 1.19. The van der Waals surface area contributed by atoms with E-state index in [0.29, 0.717) is 30.8 Å². The average molecular weight is 478 g/mol. The Morgan fingerprint density at radius 1 is 1.09 bits per heavy atom. The van der Waals surface area contributed by atoms with Crippen LogP contribution in [0.15, 0.2) is 48.5 Å². The molecule has 0 saturated carbocycles. The molecule has 0 spiro atoms. The molecule has 0 aliphatic carbocycles. The largest absolute Gasteiger partial charge is 0.489 e. The van der Waals surface area contributed by atoms with Crippen LogP contribution < -0.4 is 10.1 Å². The van der Waals surface area contributed by atoms with Gasteiger partial charge in [0.25, 0.3) is 5.91 Å². The zero-order valence-corrected chi connectivity index (χ0v) is 18.9. The van der Waals surface area contributed by atoms with Crippen molar-refractivity contribution < 1.29 is 27.8 Å². The summed E-state index contributed by atoms with van der Waals surface area (Å²) >= 11 is 0. The Morgan fingerprint density at radius 2 is 1.82 bits per heavy atom. The maximum absolute atomic E-state index is 12.5. The van der Waals surface area contributed by atoms with Gasteiger partial charge in [-0.2, -0.15) is 13.2 Å². The molecule has 0 radical (unpaired) electrons. The van der Waals surface area contributed by atoms with Crippen LogP contribution in [-0.4, -0.2) is 78.5 Å². The van der Waals surface area contributed by atoms with Gasteiger partial charge in [0, 0.05) is 44.8 Å². The zero-order valence-electron chi connectivity index (χ0n) is 18.9. The number of nitrogens with zero attached hydrogens (tertiary/aromatic N) is 2. The van der Waals surface area contributed by atoms with E-state index in [1.54, 1.807) is 24.3 Å². The number of hydrogen-bond donors (Lipinski definition) is 2. The van der Waals surface area contributed by atoms with Gasteiger partial charge in [-0.3, -0.25) is 14.6 Å². The van der Waals surface area contributed by atoms with Crippen molar-refractivity contribution in [2.75, 3.05) is 39.3 Å². The van der Waals surface area contributed by atoms with Crippen molar-refractivity contribution >= 4 is 5.91 Å². The Kier molecular flexibility index (Phi) is 7.75. The fraction of sp³-hybridized carbons (Fsp3) is 0.480. The van der Waals surface area contributed by atoms with E-state index in [4.69, 9.17) is 4.74 Å². The Labute approximate surface area is 197 Å². The molecule has 2 atom stereocenters. The van der Waals surface area contributed by atoms with E-state index in [2.05, 4.69) is 22.3 Å². The molecule has 2 aromatic carbocycles. The van der Waals surface area contributed by atoms with Gasteiger partial charge in [-0.1, -0.05) is 24.3 Å². The average Bonchev–Trinajstić information content (AvgIpc) is 3.22. The number of aliphatic hydroxyl groups is 1. The van der Waals surface area contributed by atoms with E-state index in [0.717, 1.165) is 19.5 Å². The maximum atomic E-state index is 12.5. The zero-order chi connectivity index (χ0) is 24.1. The molecule has 4 rings (SSSR count). The number of alkyl halides is 3. The molecule has 1 fully saturated rings. The van der Waals surface area contributed by atoms with E-state index < -0.39 is 18.8 Å². The molecular weight excluding hydrogens is 447 g/mol. The molecule has 6 nitrogen and oxygen atoms in total. The first-order chi connectivity index (χ1) is 16.2. The number of carbonyl (C=O) groups excluding carboxylic acids is 1. The first-order valence-electron chi connectivity index (χ1n) is 11.6. The quantitative estimate of drug-likeness (QED) is 0.612. The molecule has 2 N–H and O–H groups in total. The van der Waals surface area contributed by atoms with Crippen LogP contribution in [0.2, 0.25) is 0 Å². The highest BCUT2D eigenvalue weighted by atomic mass is 19.4. The SMILES string of the molecule is O=C(NCC(O)CN1CCc2ccccc2C1)c1ccc(OC2CCN(CC(F)(F)F)C2)cc1. The Hall–Kier alpha value is -2.62. The van der Waals surface area contributed by atoms with Gasteiger partial charge in [0.1, 0.15) is 11.9 Å². The summed E-state index contributed by atoms with van der Waals surface area (Å²) in [6.45, 7) is 1.93. The van der Waals surface area contributed by atoms with Gasteiger partial charge < -0.3 is 15.2 Å². The lowest BCUT2D eigenvalue weighted by Crippen LogP contribution is -2.42. The third-order valence-electron chi connectivity index (χ3n) is 6.23. The van der Waals surface area contributed by atoms with Crippen molar-refractivity contribution in [1.29, 1.82) is 0 Å². The highest BCUT2D eigenvalue weighted by Crippen LogP contribution is 2.23. The van der Waals surface area contributed by atoms with E-state index in [-0.39, 0.29) is 25.1 Å². The number of β-amino-alcohol motifs (C(OH)–C–C–N with tert-alkyl or cyclic N) is 1. The smallest absolute Gasteiger partial charge is 0.401 e. The molecule has 2 heterocycles. The number of carbonyl (C=O) groups is 1. The minimum absolute atomic E-state index is 0.145. The topological polar surface area (TPSA) is 65.0 Å². The fourth-order valence-electron chi connectivity index (χ4n) is 4.55. The predicted octanol–water partition coefficient (Wildman–Crippen LogP) is 2.85. The lowest BCUT2D eigenvalue weighted by molar-refractivity contribution is -0.144. The number of likely N-dealkylation sites (tertiary alicyclic amines) is 1. The van der Waals surface area contributed by atoms with Crippen molar-refractivity contribution in [1.82, 2.24) is 15.1 Å². The number of aliphatic hydroxyl groups excluding tert-OH is 1. The molecule has 2 aliphatic rings. The molecular formula is C25H30F3N3O3. The number of halogens is 3. The lowest BCUT2D eigenvalue weighted by atomic mass is 10.00. The van der Waals surface area contributed by atoms with Crippen LogP contribution in [0.25, 0.3) is 0 Å². The van der Waals surface area contributed by atoms with Crippen LogP contribution in [0.5, 0.6) is 5.75 Å². The number of nitrogens with one attached hydrogen (secondary N) is 1. The minimum Gasteiger partial charge on any atom is -0.489 e. The highest BCUT2D eigenvalue weighted by Gasteiger charge is 2.35. The second kappa shape index (κ2) is 10.8. The van der Waals surface area contributed by atoms with Crippen LogP contribution in [-0.2, 0) is 13.0 Å². The van der Waals surface area contributed by atoms with Gasteiger partial charge in [0.15, 0.2) is 0 Å². The molecule has 34 heavy (non-hydrogen) atoms.